The minimum absolute atomic E-state index is 0.0545. The summed E-state index contributed by atoms with van der Waals surface area (Å²) in [6.45, 7) is 4.95. The molecule has 11 heteroatoms. The third-order valence-corrected chi connectivity index (χ3v) is 10.1. The number of amides is 2. The maximum absolute atomic E-state index is 13.3. The minimum atomic E-state index is -3.73. The Bertz CT molecular complexity index is 1550. The second kappa shape index (κ2) is 10.9. The smallest absolute Gasteiger partial charge is 0.341 e. The Balaban J connectivity index is 1.35. The van der Waals surface area contributed by atoms with Crippen LogP contribution in [0.1, 0.15) is 56.1 Å². The lowest BCUT2D eigenvalue weighted by Crippen LogP contribution is -2.35. The van der Waals surface area contributed by atoms with E-state index in [0.717, 1.165) is 21.6 Å². The molecular weight excluding hydrogens is 538 g/mol. The zero-order chi connectivity index (χ0) is 27.7. The van der Waals surface area contributed by atoms with Crippen molar-refractivity contribution in [3.05, 3.63) is 81.2 Å². The average Bonchev–Trinajstić information content (AvgIpc) is 3.30. The van der Waals surface area contributed by atoms with Crippen LogP contribution >= 0.6 is 11.3 Å². The number of fused-ring (bicyclic) bond motifs is 2. The van der Waals surface area contributed by atoms with Crippen LogP contribution in [0.2, 0.25) is 0 Å². The van der Waals surface area contributed by atoms with E-state index in [1.807, 2.05) is 24.3 Å². The highest BCUT2D eigenvalue weighted by atomic mass is 32.2. The standard InChI is InChI=1S/C28H29N3O6S2/c1-3-37-28(34)25-23-13-14-30(18(2)32)17-24(23)38-27(25)29-26(33)20-8-10-22(11-9-20)39(35,36)31-15-12-19-6-4-5-7-21(19)16-31/h4-11H,3,12-17H2,1-2H3,(H,29,33). The zero-order valence-corrected chi connectivity index (χ0v) is 23.4. The van der Waals surface area contributed by atoms with Gasteiger partial charge in [-0.1, -0.05) is 24.3 Å². The van der Waals surface area contributed by atoms with Gasteiger partial charge in [0.05, 0.1) is 23.6 Å². The lowest BCUT2D eigenvalue weighted by atomic mass is 10.0. The molecule has 0 fully saturated rings. The van der Waals surface area contributed by atoms with E-state index in [1.165, 1.54) is 46.8 Å². The second-order valence-corrected chi connectivity index (χ2v) is 12.5. The molecule has 1 N–H and O–H groups in total. The molecule has 5 rings (SSSR count). The normalized spacial score (nSPS) is 15.3. The van der Waals surface area contributed by atoms with E-state index in [9.17, 15) is 22.8 Å². The van der Waals surface area contributed by atoms with E-state index in [2.05, 4.69) is 5.32 Å². The summed E-state index contributed by atoms with van der Waals surface area (Å²) in [5.74, 6) is -1.05. The van der Waals surface area contributed by atoms with Crippen LogP contribution in [0.4, 0.5) is 5.00 Å². The predicted octanol–water partition coefficient (Wildman–Crippen LogP) is 3.83. The van der Waals surface area contributed by atoms with Crippen molar-refractivity contribution in [2.24, 2.45) is 0 Å². The number of anilines is 1. The molecule has 1 aromatic heterocycles. The van der Waals surface area contributed by atoms with Crippen molar-refractivity contribution in [3.63, 3.8) is 0 Å². The third kappa shape index (κ3) is 5.34. The van der Waals surface area contributed by atoms with Gasteiger partial charge >= 0.3 is 5.97 Å². The summed E-state index contributed by atoms with van der Waals surface area (Å²) in [5, 5.41) is 3.17. The average molecular weight is 568 g/mol. The molecular formula is C28H29N3O6S2. The van der Waals surface area contributed by atoms with Crippen LogP contribution in [0.5, 0.6) is 0 Å². The highest BCUT2D eigenvalue weighted by molar-refractivity contribution is 7.89. The highest BCUT2D eigenvalue weighted by Crippen LogP contribution is 2.38. The topological polar surface area (TPSA) is 113 Å². The van der Waals surface area contributed by atoms with E-state index < -0.39 is 21.9 Å². The van der Waals surface area contributed by atoms with E-state index in [-0.39, 0.29) is 23.0 Å². The summed E-state index contributed by atoms with van der Waals surface area (Å²) >= 11 is 1.25. The van der Waals surface area contributed by atoms with Crippen LogP contribution in [0, 0.1) is 0 Å². The van der Waals surface area contributed by atoms with Gasteiger partial charge in [0, 0.05) is 37.0 Å². The number of ether oxygens (including phenoxy) is 1. The Morgan fingerprint density at radius 1 is 0.974 bits per heavy atom. The molecule has 0 atom stereocenters. The van der Waals surface area contributed by atoms with Crippen molar-refractivity contribution in [2.45, 2.75) is 44.7 Å². The van der Waals surface area contributed by atoms with E-state index in [4.69, 9.17) is 4.74 Å². The number of nitrogens with zero attached hydrogens (tertiary/aromatic N) is 2. The number of benzene rings is 2. The summed E-state index contributed by atoms with van der Waals surface area (Å²) in [6, 6.07) is 13.6. The fraction of sp³-hybridized carbons (Fsp3) is 0.321. The van der Waals surface area contributed by atoms with Gasteiger partial charge in [0.1, 0.15) is 5.00 Å². The Kier molecular flexibility index (Phi) is 7.57. The number of thiophene rings is 1. The van der Waals surface area contributed by atoms with Gasteiger partial charge in [-0.15, -0.1) is 11.3 Å². The van der Waals surface area contributed by atoms with Gasteiger partial charge in [0.25, 0.3) is 5.91 Å². The van der Waals surface area contributed by atoms with Gasteiger partial charge in [-0.3, -0.25) is 9.59 Å². The van der Waals surface area contributed by atoms with E-state index in [0.29, 0.717) is 49.6 Å². The van der Waals surface area contributed by atoms with Crippen molar-refractivity contribution >= 4 is 44.1 Å². The van der Waals surface area contributed by atoms with E-state index in [1.54, 1.807) is 11.8 Å². The number of sulfonamides is 1. The van der Waals surface area contributed by atoms with Crippen molar-refractivity contribution < 1.29 is 27.5 Å². The number of nitrogens with one attached hydrogen (secondary N) is 1. The molecule has 39 heavy (non-hydrogen) atoms. The van der Waals surface area contributed by atoms with Crippen molar-refractivity contribution in [3.8, 4) is 0 Å². The molecule has 0 unspecified atom stereocenters. The summed E-state index contributed by atoms with van der Waals surface area (Å²) < 4.78 is 33.3. The van der Waals surface area contributed by atoms with Gasteiger partial charge in [-0.25, -0.2) is 13.2 Å². The fourth-order valence-electron chi connectivity index (χ4n) is 4.96. The Hall–Kier alpha value is -3.54. The number of esters is 1. The maximum atomic E-state index is 13.3. The first kappa shape index (κ1) is 27.0. The fourth-order valence-corrected chi connectivity index (χ4v) is 7.62. The molecule has 9 nitrogen and oxygen atoms in total. The molecule has 2 aliphatic heterocycles. The zero-order valence-electron chi connectivity index (χ0n) is 21.7. The maximum Gasteiger partial charge on any atom is 0.341 e. The molecule has 0 radical (unpaired) electrons. The lowest BCUT2D eigenvalue weighted by Gasteiger charge is -2.28. The molecule has 0 saturated heterocycles. The molecule has 2 aromatic carbocycles. The van der Waals surface area contributed by atoms with Gasteiger partial charge in [0.2, 0.25) is 15.9 Å². The largest absolute Gasteiger partial charge is 0.462 e. The van der Waals surface area contributed by atoms with Crippen LogP contribution in [0.3, 0.4) is 0 Å². The first-order valence-electron chi connectivity index (χ1n) is 12.7. The summed E-state index contributed by atoms with van der Waals surface area (Å²) in [4.78, 5) is 40.5. The number of carbonyl (C=O) groups is 3. The molecule has 204 valence electrons. The Morgan fingerprint density at radius 2 is 1.69 bits per heavy atom. The molecule has 0 aliphatic carbocycles. The van der Waals surface area contributed by atoms with Crippen LogP contribution in [0.25, 0.3) is 0 Å². The Morgan fingerprint density at radius 3 is 2.38 bits per heavy atom. The number of rotatable bonds is 6. The van der Waals surface area contributed by atoms with Crippen LogP contribution < -0.4 is 5.32 Å². The molecule has 0 bridgehead atoms. The lowest BCUT2D eigenvalue weighted by molar-refractivity contribution is -0.129. The predicted molar refractivity (Wildman–Crippen MR) is 147 cm³/mol. The first-order valence-corrected chi connectivity index (χ1v) is 15.0. The van der Waals surface area contributed by atoms with Crippen LogP contribution in [-0.4, -0.2) is 55.1 Å². The highest BCUT2D eigenvalue weighted by Gasteiger charge is 2.31. The number of carbonyl (C=O) groups excluding carboxylic acids is 3. The van der Waals surface area contributed by atoms with Crippen LogP contribution in [-0.2, 0) is 45.5 Å². The van der Waals surface area contributed by atoms with Gasteiger partial charge in [-0.05, 0) is 60.7 Å². The first-order chi connectivity index (χ1) is 18.7. The number of hydrogen-bond acceptors (Lipinski definition) is 7. The Labute approximate surface area is 231 Å². The monoisotopic (exact) mass is 567 g/mol. The SMILES string of the molecule is CCOC(=O)c1c(NC(=O)c2ccc(S(=O)(=O)N3CCc4ccccc4C3)cc2)sc2c1CCN(C(C)=O)C2. The van der Waals surface area contributed by atoms with Crippen molar-refractivity contribution in [2.75, 3.05) is 25.0 Å². The van der Waals surface area contributed by atoms with Gasteiger partial charge in [-0.2, -0.15) is 4.31 Å². The summed E-state index contributed by atoms with van der Waals surface area (Å²) in [5.41, 5.74) is 3.51. The molecule has 0 saturated carbocycles. The quantitative estimate of drug-likeness (QED) is 0.453. The van der Waals surface area contributed by atoms with Crippen molar-refractivity contribution in [1.82, 2.24) is 9.21 Å². The van der Waals surface area contributed by atoms with E-state index >= 15 is 0 Å². The van der Waals surface area contributed by atoms with Gasteiger partial charge in [0.15, 0.2) is 0 Å². The minimum Gasteiger partial charge on any atom is -0.462 e. The number of hydrogen-bond donors (Lipinski definition) is 1. The molecule has 2 aliphatic rings. The van der Waals surface area contributed by atoms with Crippen LogP contribution in [0.15, 0.2) is 53.4 Å². The second-order valence-electron chi connectivity index (χ2n) is 9.45. The van der Waals surface area contributed by atoms with Gasteiger partial charge < -0.3 is 15.0 Å². The molecule has 0 spiro atoms. The molecule has 3 aromatic rings. The third-order valence-electron chi connectivity index (χ3n) is 7.06. The summed E-state index contributed by atoms with van der Waals surface area (Å²) in [6.07, 6.45) is 1.14. The van der Waals surface area contributed by atoms with Crippen molar-refractivity contribution in [1.29, 1.82) is 0 Å². The molecule has 2 amide bonds. The molecule has 3 heterocycles. The summed E-state index contributed by atoms with van der Waals surface area (Å²) in [7, 11) is -3.73.